The first kappa shape index (κ1) is 18.3. The number of nitrogens with zero attached hydrogens (tertiary/aromatic N) is 2. The zero-order valence-electron chi connectivity index (χ0n) is 13.7. The molecule has 1 fully saturated rings. The molecule has 26 heavy (non-hydrogen) atoms. The predicted octanol–water partition coefficient (Wildman–Crippen LogP) is 2.50. The van der Waals surface area contributed by atoms with E-state index < -0.39 is 21.7 Å². The van der Waals surface area contributed by atoms with Crippen LogP contribution >= 0.6 is 0 Å². The largest absolute Gasteiger partial charge is 0.322 e. The third-order valence-corrected chi connectivity index (χ3v) is 5.95. The Morgan fingerprint density at radius 3 is 2.19 bits per heavy atom. The number of carbonyl (C=O) groups is 1. The van der Waals surface area contributed by atoms with Gasteiger partial charge in [0.05, 0.1) is 4.90 Å². The van der Waals surface area contributed by atoms with Crippen molar-refractivity contribution < 1.29 is 22.0 Å². The molecule has 138 valence electrons. The van der Waals surface area contributed by atoms with Crippen LogP contribution in [0.4, 0.5) is 19.3 Å². The second-order valence-electron chi connectivity index (χ2n) is 5.79. The zero-order valence-corrected chi connectivity index (χ0v) is 14.5. The van der Waals surface area contributed by atoms with Crippen molar-refractivity contribution in [3.8, 4) is 0 Å². The highest BCUT2D eigenvalue weighted by molar-refractivity contribution is 7.89. The molecule has 2 aromatic carbocycles. The summed E-state index contributed by atoms with van der Waals surface area (Å²) in [5, 5.41) is 2.63. The summed E-state index contributed by atoms with van der Waals surface area (Å²) in [5.41, 5.74) is 0.450. The molecular weight excluding hydrogens is 364 g/mol. The van der Waals surface area contributed by atoms with Crippen molar-refractivity contribution in [3.63, 3.8) is 0 Å². The number of rotatable bonds is 3. The summed E-state index contributed by atoms with van der Waals surface area (Å²) < 4.78 is 52.5. The number of carbonyl (C=O) groups excluding carboxylic acids is 1. The van der Waals surface area contributed by atoms with E-state index in [1.165, 1.54) is 51.7 Å². The van der Waals surface area contributed by atoms with E-state index in [4.69, 9.17) is 0 Å². The second kappa shape index (κ2) is 7.38. The summed E-state index contributed by atoms with van der Waals surface area (Å²) in [6.07, 6.45) is 0. The van der Waals surface area contributed by atoms with Crippen LogP contribution in [0.25, 0.3) is 0 Å². The first-order chi connectivity index (χ1) is 12.4. The van der Waals surface area contributed by atoms with Crippen LogP contribution in [0.2, 0.25) is 0 Å². The fraction of sp³-hybridized carbons (Fsp3) is 0.235. The number of benzene rings is 2. The molecule has 2 amide bonds. The van der Waals surface area contributed by atoms with Gasteiger partial charge in [0.2, 0.25) is 10.0 Å². The highest BCUT2D eigenvalue weighted by Gasteiger charge is 2.30. The Labute approximate surface area is 150 Å². The lowest BCUT2D eigenvalue weighted by atomic mass is 10.3. The van der Waals surface area contributed by atoms with Gasteiger partial charge in [-0.2, -0.15) is 4.31 Å². The van der Waals surface area contributed by atoms with Gasteiger partial charge in [0.1, 0.15) is 11.6 Å². The summed E-state index contributed by atoms with van der Waals surface area (Å²) in [6, 6.07) is 9.80. The summed E-state index contributed by atoms with van der Waals surface area (Å²) in [7, 11) is -3.80. The van der Waals surface area contributed by atoms with Crippen molar-refractivity contribution in [2.24, 2.45) is 0 Å². The molecule has 9 heteroatoms. The zero-order chi connectivity index (χ0) is 18.7. The molecule has 1 saturated heterocycles. The summed E-state index contributed by atoms with van der Waals surface area (Å²) >= 11 is 0. The maximum absolute atomic E-state index is 13.3. The monoisotopic (exact) mass is 381 g/mol. The quantitative estimate of drug-likeness (QED) is 0.888. The molecule has 1 heterocycles. The molecule has 1 aliphatic heterocycles. The van der Waals surface area contributed by atoms with Gasteiger partial charge in [-0.1, -0.05) is 6.07 Å². The Bertz CT molecular complexity index is 896. The van der Waals surface area contributed by atoms with Gasteiger partial charge in [0, 0.05) is 31.9 Å². The number of nitrogens with one attached hydrogen (secondary N) is 1. The van der Waals surface area contributed by atoms with Crippen LogP contribution in [0.1, 0.15) is 0 Å². The Morgan fingerprint density at radius 2 is 1.58 bits per heavy atom. The van der Waals surface area contributed by atoms with Crippen molar-refractivity contribution in [1.82, 2.24) is 9.21 Å². The van der Waals surface area contributed by atoms with Crippen molar-refractivity contribution in [1.29, 1.82) is 0 Å². The van der Waals surface area contributed by atoms with Gasteiger partial charge in [-0.05, 0) is 42.5 Å². The van der Waals surface area contributed by atoms with Crippen LogP contribution in [-0.4, -0.2) is 49.8 Å². The van der Waals surface area contributed by atoms with E-state index in [0.717, 1.165) is 6.07 Å². The van der Waals surface area contributed by atoms with Gasteiger partial charge in [0.15, 0.2) is 0 Å². The van der Waals surface area contributed by atoms with Crippen LogP contribution in [-0.2, 0) is 10.0 Å². The van der Waals surface area contributed by atoms with E-state index in [1.54, 1.807) is 0 Å². The molecule has 0 saturated carbocycles. The van der Waals surface area contributed by atoms with E-state index in [2.05, 4.69) is 5.32 Å². The number of piperazine rings is 1. The van der Waals surface area contributed by atoms with E-state index in [1.807, 2.05) is 0 Å². The van der Waals surface area contributed by atoms with E-state index in [0.29, 0.717) is 5.69 Å². The van der Waals surface area contributed by atoms with Crippen molar-refractivity contribution in [3.05, 3.63) is 60.2 Å². The van der Waals surface area contributed by atoms with Crippen molar-refractivity contribution in [2.45, 2.75) is 4.90 Å². The molecule has 1 aliphatic rings. The molecule has 0 radical (unpaired) electrons. The molecule has 2 aromatic rings. The number of amides is 2. The van der Waals surface area contributed by atoms with Crippen LogP contribution in [0.5, 0.6) is 0 Å². The molecule has 1 N–H and O–H groups in total. The molecule has 0 bridgehead atoms. The minimum absolute atomic E-state index is 0.107. The van der Waals surface area contributed by atoms with Crippen LogP contribution in [0.15, 0.2) is 53.4 Å². The Hall–Kier alpha value is -2.52. The lowest BCUT2D eigenvalue weighted by Crippen LogP contribution is -2.51. The number of halogens is 2. The van der Waals surface area contributed by atoms with E-state index in [-0.39, 0.29) is 37.1 Å². The van der Waals surface area contributed by atoms with Gasteiger partial charge in [-0.15, -0.1) is 0 Å². The summed E-state index contributed by atoms with van der Waals surface area (Å²) in [5.74, 6) is -1.03. The highest BCUT2D eigenvalue weighted by atomic mass is 32.2. The third-order valence-electron chi connectivity index (χ3n) is 4.06. The molecule has 0 spiro atoms. The normalized spacial score (nSPS) is 15.7. The lowest BCUT2D eigenvalue weighted by molar-refractivity contribution is 0.184. The topological polar surface area (TPSA) is 69.7 Å². The molecule has 3 rings (SSSR count). The fourth-order valence-corrected chi connectivity index (χ4v) is 4.10. The number of urea groups is 1. The van der Waals surface area contributed by atoms with Crippen LogP contribution < -0.4 is 5.32 Å². The van der Waals surface area contributed by atoms with Crippen molar-refractivity contribution in [2.75, 3.05) is 31.5 Å². The number of anilines is 1. The fourth-order valence-electron chi connectivity index (χ4n) is 2.64. The molecular formula is C17H17F2N3O3S. The van der Waals surface area contributed by atoms with Gasteiger partial charge >= 0.3 is 6.03 Å². The molecule has 0 aliphatic carbocycles. The van der Waals surface area contributed by atoms with E-state index in [9.17, 15) is 22.0 Å². The van der Waals surface area contributed by atoms with Gasteiger partial charge in [-0.3, -0.25) is 0 Å². The molecule has 0 atom stereocenters. The third kappa shape index (κ3) is 4.00. The van der Waals surface area contributed by atoms with Gasteiger partial charge < -0.3 is 10.2 Å². The maximum atomic E-state index is 13.3. The maximum Gasteiger partial charge on any atom is 0.321 e. The molecule has 6 nitrogen and oxygen atoms in total. The van der Waals surface area contributed by atoms with E-state index >= 15 is 0 Å². The average Bonchev–Trinajstić information content (AvgIpc) is 2.64. The smallest absolute Gasteiger partial charge is 0.321 e. The Morgan fingerprint density at radius 1 is 0.923 bits per heavy atom. The minimum atomic E-state index is -3.80. The first-order valence-electron chi connectivity index (χ1n) is 7.93. The first-order valence-corrected chi connectivity index (χ1v) is 9.37. The van der Waals surface area contributed by atoms with Crippen molar-refractivity contribution >= 4 is 21.7 Å². The van der Waals surface area contributed by atoms with Crippen LogP contribution in [0.3, 0.4) is 0 Å². The van der Waals surface area contributed by atoms with Crippen LogP contribution in [0, 0.1) is 11.6 Å². The lowest BCUT2D eigenvalue weighted by Gasteiger charge is -2.34. The number of hydrogen-bond acceptors (Lipinski definition) is 3. The predicted molar refractivity (Wildman–Crippen MR) is 92.2 cm³/mol. The van der Waals surface area contributed by atoms with Gasteiger partial charge in [-0.25, -0.2) is 22.0 Å². The Kier molecular flexibility index (Phi) is 5.19. The SMILES string of the molecule is O=C(Nc1ccc(F)cc1)N1CCN(S(=O)(=O)c2cccc(F)c2)CC1. The Balaban J connectivity index is 1.61. The highest BCUT2D eigenvalue weighted by Crippen LogP contribution is 2.19. The molecule has 0 unspecified atom stereocenters. The number of sulfonamides is 1. The van der Waals surface area contributed by atoms with Gasteiger partial charge in [0.25, 0.3) is 0 Å². The summed E-state index contributed by atoms with van der Waals surface area (Å²) in [4.78, 5) is 13.6. The number of hydrogen-bond donors (Lipinski definition) is 1. The molecule has 0 aromatic heterocycles. The second-order valence-corrected chi connectivity index (χ2v) is 7.72. The average molecular weight is 381 g/mol. The minimum Gasteiger partial charge on any atom is -0.322 e. The summed E-state index contributed by atoms with van der Waals surface area (Å²) in [6.45, 7) is 0.606. The standard InChI is InChI=1S/C17H17F2N3O3S/c18-13-4-6-15(7-5-13)20-17(23)21-8-10-22(11-9-21)26(24,25)16-3-1-2-14(19)12-16/h1-7,12H,8-11H2,(H,20,23).